The van der Waals surface area contributed by atoms with Crippen LogP contribution in [0.5, 0.6) is 0 Å². The summed E-state index contributed by atoms with van der Waals surface area (Å²) in [5.41, 5.74) is 1.44. The van der Waals surface area contributed by atoms with Gasteiger partial charge in [0.1, 0.15) is 5.82 Å². The largest absolute Gasteiger partial charge is 0.382 e. The molecule has 1 heterocycles. The number of hydrogen-bond donors (Lipinski definition) is 1. The minimum absolute atomic E-state index is 0.162. The van der Waals surface area contributed by atoms with Gasteiger partial charge in [0, 0.05) is 31.7 Å². The van der Waals surface area contributed by atoms with Gasteiger partial charge in [0.05, 0.1) is 0 Å². The zero-order valence-corrected chi connectivity index (χ0v) is 10.3. The maximum absolute atomic E-state index is 12.9. The van der Waals surface area contributed by atoms with Gasteiger partial charge in [-0.1, -0.05) is 12.1 Å². The van der Waals surface area contributed by atoms with Gasteiger partial charge in [-0.25, -0.2) is 4.39 Å². The minimum Gasteiger partial charge on any atom is -0.382 e. The molecule has 1 aromatic carbocycles. The van der Waals surface area contributed by atoms with Gasteiger partial charge in [0.25, 0.3) is 0 Å². The third-order valence-corrected chi connectivity index (χ3v) is 3.53. The summed E-state index contributed by atoms with van der Waals surface area (Å²) in [4.78, 5) is 0. The predicted molar refractivity (Wildman–Crippen MR) is 66.7 cm³/mol. The number of ether oxygens (including phenoxy) is 1. The van der Waals surface area contributed by atoms with Gasteiger partial charge in [-0.15, -0.1) is 0 Å². The molecule has 1 fully saturated rings. The Bertz CT molecular complexity index is 346. The van der Waals surface area contributed by atoms with E-state index in [1.165, 1.54) is 5.56 Å². The predicted octanol–water partition coefficient (Wildman–Crippen LogP) is 2.48. The van der Waals surface area contributed by atoms with Crippen molar-refractivity contribution in [1.82, 2.24) is 5.32 Å². The fourth-order valence-corrected chi connectivity index (χ4v) is 2.41. The molecule has 0 aliphatic carbocycles. The zero-order chi connectivity index (χ0) is 12.1. The first-order valence-electron chi connectivity index (χ1n) is 6.31. The fraction of sp³-hybridized carbons (Fsp3) is 0.571. The topological polar surface area (TPSA) is 21.3 Å². The molecule has 1 aliphatic rings. The third-order valence-electron chi connectivity index (χ3n) is 3.53. The van der Waals surface area contributed by atoms with E-state index in [0.717, 1.165) is 39.1 Å². The summed E-state index contributed by atoms with van der Waals surface area (Å²) in [5.74, 6) is -0.162. The molecule has 1 aromatic rings. The lowest BCUT2D eigenvalue weighted by molar-refractivity contribution is 0.129. The third kappa shape index (κ3) is 2.85. The molecule has 0 atom stereocenters. The van der Waals surface area contributed by atoms with Crippen LogP contribution in [0.4, 0.5) is 4.39 Å². The molecule has 2 nitrogen and oxygen atoms in total. The van der Waals surface area contributed by atoms with Crippen LogP contribution < -0.4 is 5.32 Å². The average molecular weight is 237 g/mol. The molecule has 0 saturated carbocycles. The summed E-state index contributed by atoms with van der Waals surface area (Å²) in [5, 5.41) is 3.32. The van der Waals surface area contributed by atoms with E-state index in [1.807, 2.05) is 19.1 Å². The van der Waals surface area contributed by atoms with Gasteiger partial charge in [-0.3, -0.25) is 0 Å². The second-order valence-corrected chi connectivity index (χ2v) is 4.69. The molecule has 0 spiro atoms. The molecule has 3 heteroatoms. The molecular formula is C14H20FNO. The Morgan fingerprint density at radius 2 is 2.00 bits per heavy atom. The van der Waals surface area contributed by atoms with Crippen molar-refractivity contribution < 1.29 is 9.13 Å². The van der Waals surface area contributed by atoms with Crippen LogP contribution in [0.3, 0.4) is 0 Å². The number of hydrogen-bond acceptors (Lipinski definition) is 2. The smallest absolute Gasteiger partial charge is 0.123 e. The van der Waals surface area contributed by atoms with E-state index in [9.17, 15) is 4.39 Å². The SMILES string of the molecule is CCOCCCC1(c2ccc(F)cc2)CNC1. The summed E-state index contributed by atoms with van der Waals surface area (Å²) < 4.78 is 18.3. The highest BCUT2D eigenvalue weighted by Gasteiger charge is 2.37. The molecule has 1 aliphatic heterocycles. The van der Waals surface area contributed by atoms with Gasteiger partial charge >= 0.3 is 0 Å². The maximum atomic E-state index is 12.9. The quantitative estimate of drug-likeness (QED) is 0.767. The number of halogens is 1. The van der Waals surface area contributed by atoms with Crippen LogP contribution in [0.2, 0.25) is 0 Å². The van der Waals surface area contributed by atoms with E-state index in [4.69, 9.17) is 4.74 Å². The fourth-order valence-electron chi connectivity index (χ4n) is 2.41. The molecular weight excluding hydrogens is 217 g/mol. The number of benzene rings is 1. The van der Waals surface area contributed by atoms with Gasteiger partial charge in [0.2, 0.25) is 0 Å². The second kappa shape index (κ2) is 5.61. The standard InChI is InChI=1S/C14H20FNO/c1-2-17-9-3-8-14(10-16-11-14)12-4-6-13(15)7-5-12/h4-7,16H,2-3,8-11H2,1H3. The van der Waals surface area contributed by atoms with Gasteiger partial charge in [0.15, 0.2) is 0 Å². The highest BCUT2D eigenvalue weighted by atomic mass is 19.1. The molecule has 1 saturated heterocycles. The minimum atomic E-state index is -0.162. The Hall–Kier alpha value is -0.930. The van der Waals surface area contributed by atoms with E-state index in [0.29, 0.717) is 0 Å². The van der Waals surface area contributed by atoms with Crippen molar-refractivity contribution in [3.63, 3.8) is 0 Å². The second-order valence-electron chi connectivity index (χ2n) is 4.69. The summed E-state index contributed by atoms with van der Waals surface area (Å²) in [6, 6.07) is 6.93. The van der Waals surface area contributed by atoms with E-state index < -0.39 is 0 Å². The van der Waals surface area contributed by atoms with Crippen molar-refractivity contribution in [2.24, 2.45) is 0 Å². The van der Waals surface area contributed by atoms with Crippen LogP contribution in [0.25, 0.3) is 0 Å². The molecule has 0 unspecified atom stereocenters. The van der Waals surface area contributed by atoms with Crippen LogP contribution in [0.15, 0.2) is 24.3 Å². The van der Waals surface area contributed by atoms with E-state index in [2.05, 4.69) is 5.32 Å². The first-order valence-corrected chi connectivity index (χ1v) is 6.31. The lowest BCUT2D eigenvalue weighted by Crippen LogP contribution is -2.56. The molecule has 1 N–H and O–H groups in total. The highest BCUT2D eigenvalue weighted by molar-refractivity contribution is 5.29. The normalized spacial score (nSPS) is 17.8. The molecule has 2 rings (SSSR count). The van der Waals surface area contributed by atoms with Crippen LogP contribution >= 0.6 is 0 Å². The molecule has 0 amide bonds. The van der Waals surface area contributed by atoms with Crippen molar-refractivity contribution in [3.05, 3.63) is 35.6 Å². The first-order chi connectivity index (χ1) is 8.27. The highest BCUT2D eigenvalue weighted by Crippen LogP contribution is 2.33. The Morgan fingerprint density at radius 1 is 1.29 bits per heavy atom. The molecule has 94 valence electrons. The van der Waals surface area contributed by atoms with Crippen LogP contribution in [-0.4, -0.2) is 26.3 Å². The lowest BCUT2D eigenvalue weighted by Gasteiger charge is -2.43. The number of rotatable bonds is 6. The van der Waals surface area contributed by atoms with Gasteiger partial charge in [-0.05, 0) is 37.5 Å². The molecule has 0 bridgehead atoms. The summed E-state index contributed by atoms with van der Waals surface area (Å²) in [6.07, 6.45) is 2.17. The van der Waals surface area contributed by atoms with Crippen molar-refractivity contribution in [3.8, 4) is 0 Å². The number of nitrogens with one attached hydrogen (secondary N) is 1. The van der Waals surface area contributed by atoms with Crippen molar-refractivity contribution in [2.75, 3.05) is 26.3 Å². The zero-order valence-electron chi connectivity index (χ0n) is 10.3. The van der Waals surface area contributed by atoms with Crippen molar-refractivity contribution >= 4 is 0 Å². The molecule has 0 radical (unpaired) electrons. The Balaban J connectivity index is 1.96. The summed E-state index contributed by atoms with van der Waals surface area (Å²) in [7, 11) is 0. The first kappa shape index (κ1) is 12.5. The summed E-state index contributed by atoms with van der Waals surface area (Å²) >= 11 is 0. The van der Waals surface area contributed by atoms with E-state index in [-0.39, 0.29) is 11.2 Å². The Labute approximate surface area is 102 Å². The molecule has 0 aromatic heterocycles. The monoisotopic (exact) mass is 237 g/mol. The van der Waals surface area contributed by atoms with Gasteiger partial charge in [-0.2, -0.15) is 0 Å². The Kier molecular flexibility index (Phi) is 4.13. The van der Waals surface area contributed by atoms with Crippen molar-refractivity contribution in [1.29, 1.82) is 0 Å². The lowest BCUT2D eigenvalue weighted by atomic mass is 9.72. The van der Waals surface area contributed by atoms with E-state index >= 15 is 0 Å². The van der Waals surface area contributed by atoms with Crippen LogP contribution in [-0.2, 0) is 10.2 Å². The van der Waals surface area contributed by atoms with Crippen LogP contribution in [0, 0.1) is 5.82 Å². The average Bonchev–Trinajstić information content (AvgIpc) is 2.29. The van der Waals surface area contributed by atoms with Crippen LogP contribution in [0.1, 0.15) is 25.3 Å². The van der Waals surface area contributed by atoms with Crippen molar-refractivity contribution in [2.45, 2.75) is 25.2 Å². The maximum Gasteiger partial charge on any atom is 0.123 e. The Morgan fingerprint density at radius 3 is 2.53 bits per heavy atom. The van der Waals surface area contributed by atoms with E-state index in [1.54, 1.807) is 12.1 Å². The summed E-state index contributed by atoms with van der Waals surface area (Å²) in [6.45, 7) is 5.59. The van der Waals surface area contributed by atoms with Gasteiger partial charge < -0.3 is 10.1 Å². The molecule has 17 heavy (non-hydrogen) atoms.